The van der Waals surface area contributed by atoms with Crippen LogP contribution < -0.4 is 14.2 Å². The molecule has 3 atom stereocenters. The van der Waals surface area contributed by atoms with E-state index < -0.39 is 48.6 Å². The van der Waals surface area contributed by atoms with Gasteiger partial charge in [0.15, 0.2) is 46.7 Å². The molecule has 0 bridgehead atoms. The summed E-state index contributed by atoms with van der Waals surface area (Å²) < 4.78 is 32.0. The molecule has 4 N–H and O–H groups in total. The number of methoxy groups -OCH3 is 3. The molecule has 4 rings (SSSR count). The largest absolute Gasteiger partial charge is 0.504 e. The number of carbonyl (C=O) groups excluding carboxylic acids is 3. The molecular formula is C31H28O14. The van der Waals surface area contributed by atoms with Crippen LogP contribution in [-0.2, 0) is 19.0 Å². The van der Waals surface area contributed by atoms with Gasteiger partial charge in [-0.2, -0.15) is 0 Å². The summed E-state index contributed by atoms with van der Waals surface area (Å²) in [6.45, 7) is 0. The average Bonchev–Trinajstić information content (AvgIpc) is 3.02. The third kappa shape index (κ3) is 7.18. The molecule has 0 heterocycles. The molecule has 0 unspecified atom stereocenters. The Balaban J connectivity index is 1.72. The van der Waals surface area contributed by atoms with E-state index in [1.165, 1.54) is 75.9 Å². The van der Waals surface area contributed by atoms with Gasteiger partial charge in [-0.05, 0) is 60.7 Å². The van der Waals surface area contributed by atoms with Crippen molar-refractivity contribution in [1.29, 1.82) is 0 Å². The third-order valence-electron chi connectivity index (χ3n) is 6.74. The molecule has 3 aromatic carbocycles. The molecule has 3 aromatic rings. The maximum Gasteiger partial charge on any atom is 0.338 e. The van der Waals surface area contributed by atoms with Crippen LogP contribution in [0.25, 0.3) is 0 Å². The number of phenols is 3. The van der Waals surface area contributed by atoms with Crippen LogP contribution in [0.2, 0.25) is 0 Å². The lowest BCUT2D eigenvalue weighted by Crippen LogP contribution is -2.48. The zero-order valence-corrected chi connectivity index (χ0v) is 24.1. The van der Waals surface area contributed by atoms with E-state index in [4.69, 9.17) is 28.4 Å². The monoisotopic (exact) mass is 624 g/mol. The zero-order chi connectivity index (χ0) is 32.8. The smallest absolute Gasteiger partial charge is 0.338 e. The van der Waals surface area contributed by atoms with Crippen LogP contribution in [0.1, 0.15) is 37.5 Å². The lowest BCUT2D eigenvalue weighted by atomic mass is 9.91. The van der Waals surface area contributed by atoms with Gasteiger partial charge < -0.3 is 48.8 Å². The van der Waals surface area contributed by atoms with E-state index in [9.17, 15) is 39.6 Å². The van der Waals surface area contributed by atoms with Crippen molar-refractivity contribution in [1.82, 2.24) is 0 Å². The fourth-order valence-corrected chi connectivity index (χ4v) is 4.42. The Labute approximate surface area is 255 Å². The predicted molar refractivity (Wildman–Crippen MR) is 152 cm³/mol. The highest BCUT2D eigenvalue weighted by Crippen LogP contribution is 2.33. The predicted octanol–water partition coefficient (Wildman–Crippen LogP) is 3.22. The Morgan fingerprint density at radius 2 is 1.02 bits per heavy atom. The molecular weight excluding hydrogens is 596 g/mol. The number of esters is 3. The fourth-order valence-electron chi connectivity index (χ4n) is 4.42. The second kappa shape index (κ2) is 13.6. The van der Waals surface area contributed by atoms with Crippen molar-refractivity contribution in [2.75, 3.05) is 21.3 Å². The highest BCUT2D eigenvalue weighted by molar-refractivity contribution is 5.93. The van der Waals surface area contributed by atoms with Crippen LogP contribution in [0.4, 0.5) is 0 Å². The molecule has 236 valence electrons. The number of carbonyl (C=O) groups is 4. The van der Waals surface area contributed by atoms with E-state index in [1.54, 1.807) is 0 Å². The number of aromatic hydroxyl groups is 3. The van der Waals surface area contributed by atoms with E-state index >= 15 is 0 Å². The SMILES string of the molecule is COc1cc(C(=O)O[C@@H]2[C@H](OC(=O)c3ccc(O)c(OC)c3)C=C(C(=O)O)C[C@H]2OC(=O)c2ccc(O)c(OC)c2)ccc1O. The summed E-state index contributed by atoms with van der Waals surface area (Å²) in [5.41, 5.74) is -0.595. The van der Waals surface area contributed by atoms with Crippen molar-refractivity contribution in [2.24, 2.45) is 0 Å². The lowest BCUT2D eigenvalue weighted by molar-refractivity contribution is -0.134. The number of benzene rings is 3. The third-order valence-corrected chi connectivity index (χ3v) is 6.74. The van der Waals surface area contributed by atoms with Gasteiger partial charge in [0.1, 0.15) is 6.10 Å². The summed E-state index contributed by atoms with van der Waals surface area (Å²) in [6, 6.07) is 10.8. The highest BCUT2D eigenvalue weighted by Gasteiger charge is 2.43. The molecule has 45 heavy (non-hydrogen) atoms. The number of aliphatic carboxylic acids is 1. The number of phenolic OH excluding ortho intramolecular Hbond substituents is 3. The van der Waals surface area contributed by atoms with E-state index in [-0.39, 0.29) is 56.8 Å². The van der Waals surface area contributed by atoms with Crippen LogP contribution in [0.3, 0.4) is 0 Å². The molecule has 1 aliphatic carbocycles. The molecule has 14 nitrogen and oxygen atoms in total. The summed E-state index contributed by atoms with van der Waals surface area (Å²) in [5, 5.41) is 39.5. The molecule has 0 saturated carbocycles. The van der Waals surface area contributed by atoms with Gasteiger partial charge in [-0.1, -0.05) is 0 Å². The Hall–Kier alpha value is -5.92. The molecule has 0 amide bonds. The zero-order valence-electron chi connectivity index (χ0n) is 24.1. The van der Waals surface area contributed by atoms with Gasteiger partial charge in [0.05, 0.1) is 38.0 Å². The number of hydrogen-bond acceptors (Lipinski definition) is 13. The van der Waals surface area contributed by atoms with Crippen LogP contribution in [0.15, 0.2) is 66.2 Å². The molecule has 0 aliphatic heterocycles. The van der Waals surface area contributed by atoms with Crippen LogP contribution in [-0.4, -0.2) is 83.9 Å². The minimum Gasteiger partial charge on any atom is -0.504 e. The Morgan fingerprint density at radius 1 is 0.622 bits per heavy atom. The summed E-state index contributed by atoms with van der Waals surface area (Å²) >= 11 is 0. The number of carboxylic acids is 1. The Morgan fingerprint density at radius 3 is 1.42 bits per heavy atom. The topological polar surface area (TPSA) is 205 Å². The van der Waals surface area contributed by atoms with Gasteiger partial charge in [-0.25, -0.2) is 19.2 Å². The van der Waals surface area contributed by atoms with E-state index in [0.717, 1.165) is 6.08 Å². The van der Waals surface area contributed by atoms with Crippen molar-refractivity contribution in [3.63, 3.8) is 0 Å². The first-order chi connectivity index (χ1) is 21.4. The van der Waals surface area contributed by atoms with Gasteiger partial charge in [-0.3, -0.25) is 0 Å². The van der Waals surface area contributed by atoms with Crippen LogP contribution in [0.5, 0.6) is 34.5 Å². The molecule has 0 radical (unpaired) electrons. The van der Waals surface area contributed by atoms with Crippen molar-refractivity contribution >= 4 is 23.9 Å². The summed E-state index contributed by atoms with van der Waals surface area (Å²) in [5.74, 6) is -5.33. The Kier molecular flexibility index (Phi) is 9.66. The van der Waals surface area contributed by atoms with Gasteiger partial charge in [0, 0.05) is 12.0 Å². The molecule has 14 heteroatoms. The van der Waals surface area contributed by atoms with Gasteiger partial charge >= 0.3 is 23.9 Å². The Bertz CT molecular complexity index is 1660. The fraction of sp³-hybridized carbons (Fsp3) is 0.226. The molecule has 0 aromatic heterocycles. The van der Waals surface area contributed by atoms with Crippen molar-refractivity contribution < 1.29 is 68.0 Å². The number of rotatable bonds is 10. The second-order valence-corrected chi connectivity index (χ2v) is 9.54. The minimum atomic E-state index is -1.59. The van der Waals surface area contributed by atoms with Gasteiger partial charge in [0.25, 0.3) is 0 Å². The minimum absolute atomic E-state index is 0.0420. The van der Waals surface area contributed by atoms with Crippen molar-refractivity contribution in [3.05, 3.63) is 82.9 Å². The standard InChI is InChI=1S/C31H28O14/c1-40-22-10-15(4-7-19(22)32)29(37)43-25-13-18(28(35)36)14-26(44-30(38)16-5-8-20(33)23(11-16)41-2)27(25)45-31(39)17-6-9-21(34)24(12-17)42-3/h4-13,25-27,32-34H,14H2,1-3H3,(H,35,36)/t25-,26-,27-/m1/s1. The average molecular weight is 625 g/mol. The van der Waals surface area contributed by atoms with Crippen LogP contribution >= 0.6 is 0 Å². The van der Waals surface area contributed by atoms with Crippen molar-refractivity contribution in [2.45, 2.75) is 24.7 Å². The maximum atomic E-state index is 13.3. The van der Waals surface area contributed by atoms with E-state index in [1.807, 2.05) is 0 Å². The normalized spacial score (nSPS) is 17.3. The van der Waals surface area contributed by atoms with Crippen molar-refractivity contribution in [3.8, 4) is 34.5 Å². The van der Waals surface area contributed by atoms with Crippen LogP contribution in [0, 0.1) is 0 Å². The van der Waals surface area contributed by atoms with Gasteiger partial charge in [-0.15, -0.1) is 0 Å². The first kappa shape index (κ1) is 32.0. The molecule has 1 aliphatic rings. The molecule has 0 fully saturated rings. The number of ether oxygens (including phenoxy) is 6. The lowest BCUT2D eigenvalue weighted by Gasteiger charge is -2.35. The summed E-state index contributed by atoms with van der Waals surface area (Å²) in [6.07, 6.45) is -4.06. The van der Waals surface area contributed by atoms with Gasteiger partial charge in [0.2, 0.25) is 0 Å². The van der Waals surface area contributed by atoms with E-state index in [0.29, 0.717) is 0 Å². The maximum absolute atomic E-state index is 13.3. The molecule has 0 saturated heterocycles. The second-order valence-electron chi connectivity index (χ2n) is 9.54. The number of hydrogen-bond donors (Lipinski definition) is 4. The first-order valence-corrected chi connectivity index (χ1v) is 13.1. The molecule has 0 spiro atoms. The summed E-state index contributed by atoms with van der Waals surface area (Å²) in [4.78, 5) is 51.7. The quantitative estimate of drug-likeness (QED) is 0.189. The van der Waals surface area contributed by atoms with E-state index in [2.05, 4.69) is 0 Å². The first-order valence-electron chi connectivity index (χ1n) is 13.1. The number of carboxylic acid groups (broad SMARTS) is 1. The summed E-state index contributed by atoms with van der Waals surface area (Å²) in [7, 11) is 3.81. The highest BCUT2D eigenvalue weighted by atomic mass is 16.6.